The predicted octanol–water partition coefficient (Wildman–Crippen LogP) is 5.89. The van der Waals surface area contributed by atoms with Gasteiger partial charge in [0.05, 0.1) is 16.6 Å². The summed E-state index contributed by atoms with van der Waals surface area (Å²) in [7, 11) is 0. The van der Waals surface area contributed by atoms with E-state index in [2.05, 4.69) is 44.4 Å². The molecule has 0 unspecified atom stereocenters. The smallest absolute Gasteiger partial charge is 0.266 e. The van der Waals surface area contributed by atoms with Crippen molar-refractivity contribution in [2.75, 3.05) is 6.26 Å². The summed E-state index contributed by atoms with van der Waals surface area (Å²) in [5.74, 6) is 0.617. The molecule has 4 heteroatoms. The largest absolute Gasteiger partial charge is 0.268 e. The van der Waals surface area contributed by atoms with E-state index in [1.165, 1.54) is 10.5 Å². The summed E-state index contributed by atoms with van der Waals surface area (Å²) in [5.41, 5.74) is 4.88. The zero-order valence-electron chi connectivity index (χ0n) is 16.7. The molecule has 0 aliphatic rings. The molecule has 29 heavy (non-hydrogen) atoms. The Morgan fingerprint density at radius 2 is 1.66 bits per heavy atom. The Hall–Kier alpha value is -3.11. The molecule has 0 bridgehead atoms. The molecule has 0 saturated carbocycles. The molecule has 0 spiro atoms. The van der Waals surface area contributed by atoms with Crippen molar-refractivity contribution in [1.29, 1.82) is 0 Å². The molecule has 144 valence electrons. The maximum absolute atomic E-state index is 13.3. The number of nitrogens with zero attached hydrogens (tertiary/aromatic N) is 2. The fourth-order valence-corrected chi connectivity index (χ4v) is 3.67. The van der Waals surface area contributed by atoms with Crippen LogP contribution in [0.3, 0.4) is 0 Å². The minimum Gasteiger partial charge on any atom is -0.268 e. The first-order valence-corrected chi connectivity index (χ1v) is 10.7. The van der Waals surface area contributed by atoms with Crippen LogP contribution < -0.4 is 5.56 Å². The number of rotatable bonds is 4. The van der Waals surface area contributed by atoms with Crippen molar-refractivity contribution in [2.45, 2.75) is 18.7 Å². The van der Waals surface area contributed by atoms with Gasteiger partial charge in [-0.2, -0.15) is 0 Å². The molecule has 0 aliphatic carbocycles. The second-order valence-electron chi connectivity index (χ2n) is 7.00. The number of para-hydroxylation sites is 1. The maximum atomic E-state index is 13.3. The fourth-order valence-electron chi connectivity index (χ4n) is 3.26. The monoisotopic (exact) mass is 398 g/mol. The van der Waals surface area contributed by atoms with Crippen LogP contribution in [0.15, 0.2) is 76.4 Å². The van der Waals surface area contributed by atoms with Crippen LogP contribution in [-0.4, -0.2) is 15.8 Å². The van der Waals surface area contributed by atoms with Crippen LogP contribution in [0.5, 0.6) is 0 Å². The summed E-state index contributed by atoms with van der Waals surface area (Å²) >= 11 is 1.72. The van der Waals surface area contributed by atoms with Gasteiger partial charge in [0.1, 0.15) is 5.82 Å². The Morgan fingerprint density at radius 3 is 2.38 bits per heavy atom. The van der Waals surface area contributed by atoms with Crippen LogP contribution in [0.25, 0.3) is 28.7 Å². The molecule has 3 aromatic carbocycles. The third kappa shape index (κ3) is 3.89. The number of hydrogen-bond acceptors (Lipinski definition) is 3. The molecule has 0 atom stereocenters. The van der Waals surface area contributed by atoms with Crippen LogP contribution in [0.2, 0.25) is 0 Å². The van der Waals surface area contributed by atoms with Crippen LogP contribution in [0.4, 0.5) is 0 Å². The van der Waals surface area contributed by atoms with Crippen LogP contribution in [-0.2, 0) is 0 Å². The van der Waals surface area contributed by atoms with E-state index in [1.54, 1.807) is 16.3 Å². The Kier molecular flexibility index (Phi) is 5.36. The van der Waals surface area contributed by atoms with Gasteiger partial charge in [0.15, 0.2) is 0 Å². The quantitative estimate of drug-likeness (QED) is 0.402. The predicted molar refractivity (Wildman–Crippen MR) is 124 cm³/mol. The van der Waals surface area contributed by atoms with Crippen molar-refractivity contribution >= 4 is 34.8 Å². The van der Waals surface area contributed by atoms with Gasteiger partial charge in [-0.05, 0) is 79.3 Å². The molecule has 0 aliphatic heterocycles. The van der Waals surface area contributed by atoms with Gasteiger partial charge in [-0.15, -0.1) is 11.8 Å². The maximum Gasteiger partial charge on any atom is 0.266 e. The lowest BCUT2D eigenvalue weighted by Crippen LogP contribution is -2.22. The SMILES string of the molecule is CSc1ccc(/C=C/c2nc3ccccc3c(=O)n2-c2ccc(C)c(C)c2)cc1. The number of hydrogen-bond donors (Lipinski definition) is 0. The van der Waals surface area contributed by atoms with Crippen molar-refractivity contribution in [3.05, 3.63) is 99.6 Å². The van der Waals surface area contributed by atoms with Crippen molar-refractivity contribution in [3.8, 4) is 5.69 Å². The molecule has 0 N–H and O–H groups in total. The first kappa shape index (κ1) is 19.2. The highest BCUT2D eigenvalue weighted by molar-refractivity contribution is 7.98. The molecule has 4 aromatic rings. The number of thioether (sulfide) groups is 1. The average molecular weight is 399 g/mol. The summed E-state index contributed by atoms with van der Waals surface area (Å²) in [6, 6.07) is 21.9. The van der Waals surface area contributed by atoms with E-state index in [4.69, 9.17) is 4.98 Å². The number of benzene rings is 3. The Labute approximate surface area is 174 Å². The van der Waals surface area contributed by atoms with E-state index in [1.807, 2.05) is 54.6 Å². The summed E-state index contributed by atoms with van der Waals surface area (Å²) in [5, 5.41) is 0.618. The van der Waals surface area contributed by atoms with Crippen LogP contribution in [0, 0.1) is 13.8 Å². The lowest BCUT2D eigenvalue weighted by atomic mass is 10.1. The number of aryl methyl sites for hydroxylation is 2. The summed E-state index contributed by atoms with van der Waals surface area (Å²) in [6.45, 7) is 4.13. The minimum atomic E-state index is -0.0590. The van der Waals surface area contributed by atoms with Crippen molar-refractivity contribution in [3.63, 3.8) is 0 Å². The highest BCUT2D eigenvalue weighted by Crippen LogP contribution is 2.19. The Morgan fingerprint density at radius 1 is 0.897 bits per heavy atom. The van der Waals surface area contributed by atoms with E-state index >= 15 is 0 Å². The van der Waals surface area contributed by atoms with Crippen LogP contribution >= 0.6 is 11.8 Å². The second kappa shape index (κ2) is 8.10. The lowest BCUT2D eigenvalue weighted by Gasteiger charge is -2.13. The molecular weight excluding hydrogens is 376 g/mol. The second-order valence-corrected chi connectivity index (χ2v) is 7.88. The van der Waals surface area contributed by atoms with Gasteiger partial charge in [-0.3, -0.25) is 9.36 Å². The number of fused-ring (bicyclic) bond motifs is 1. The molecule has 0 radical (unpaired) electrons. The van der Waals surface area contributed by atoms with Crippen molar-refractivity contribution < 1.29 is 0 Å². The van der Waals surface area contributed by atoms with E-state index in [0.717, 1.165) is 16.8 Å². The molecule has 0 saturated heterocycles. The molecule has 4 rings (SSSR count). The van der Waals surface area contributed by atoms with E-state index in [0.29, 0.717) is 16.7 Å². The molecule has 1 aromatic heterocycles. The lowest BCUT2D eigenvalue weighted by molar-refractivity contribution is 0.941. The first-order valence-electron chi connectivity index (χ1n) is 9.48. The van der Waals surface area contributed by atoms with E-state index in [-0.39, 0.29) is 5.56 Å². The molecular formula is C25H22N2OS. The summed E-state index contributed by atoms with van der Waals surface area (Å²) in [6.07, 6.45) is 5.97. The average Bonchev–Trinajstić information content (AvgIpc) is 2.75. The van der Waals surface area contributed by atoms with Gasteiger partial charge < -0.3 is 0 Å². The summed E-state index contributed by atoms with van der Waals surface area (Å²) < 4.78 is 1.70. The van der Waals surface area contributed by atoms with E-state index in [9.17, 15) is 4.79 Å². The molecule has 0 fully saturated rings. The highest BCUT2D eigenvalue weighted by atomic mass is 32.2. The normalized spacial score (nSPS) is 11.4. The zero-order valence-corrected chi connectivity index (χ0v) is 17.5. The van der Waals surface area contributed by atoms with Gasteiger partial charge in [-0.1, -0.05) is 36.4 Å². The van der Waals surface area contributed by atoms with E-state index < -0.39 is 0 Å². The van der Waals surface area contributed by atoms with Crippen LogP contribution in [0.1, 0.15) is 22.5 Å². The molecule has 0 amide bonds. The fraction of sp³-hybridized carbons (Fsp3) is 0.120. The third-order valence-corrected chi connectivity index (χ3v) is 5.83. The topological polar surface area (TPSA) is 34.9 Å². The van der Waals surface area contributed by atoms with Gasteiger partial charge in [-0.25, -0.2) is 4.98 Å². The van der Waals surface area contributed by atoms with Crippen molar-refractivity contribution in [1.82, 2.24) is 9.55 Å². The zero-order chi connectivity index (χ0) is 20.4. The van der Waals surface area contributed by atoms with Gasteiger partial charge in [0.25, 0.3) is 5.56 Å². The summed E-state index contributed by atoms with van der Waals surface area (Å²) in [4.78, 5) is 19.3. The Balaban J connectivity index is 1.90. The van der Waals surface area contributed by atoms with Crippen molar-refractivity contribution in [2.24, 2.45) is 0 Å². The highest BCUT2D eigenvalue weighted by Gasteiger charge is 2.11. The van der Waals surface area contributed by atoms with Gasteiger partial charge >= 0.3 is 0 Å². The Bertz CT molecular complexity index is 1270. The standard InChI is InChI=1S/C25H22N2OS/c1-17-8-12-20(16-18(17)2)27-24(15-11-19-9-13-21(29-3)14-10-19)26-23-7-5-4-6-22(23)25(27)28/h4-16H,1-3H3/b15-11+. The molecule has 3 nitrogen and oxygen atoms in total. The first-order chi connectivity index (χ1) is 14.1. The molecule has 1 heterocycles. The number of aromatic nitrogens is 2. The van der Waals surface area contributed by atoms with Gasteiger partial charge in [0, 0.05) is 4.90 Å². The van der Waals surface area contributed by atoms with Gasteiger partial charge in [0.2, 0.25) is 0 Å². The minimum absolute atomic E-state index is 0.0590. The third-order valence-electron chi connectivity index (χ3n) is 5.09.